The number of alkyl halides is 1. The van der Waals surface area contributed by atoms with Gasteiger partial charge in [-0.1, -0.05) is 0 Å². The molecule has 1 aromatic rings. The van der Waals surface area contributed by atoms with E-state index < -0.39 is 0 Å². The van der Waals surface area contributed by atoms with Crippen LogP contribution < -0.4 is 5.32 Å². The molecular formula is C8H12ClN3. The van der Waals surface area contributed by atoms with Gasteiger partial charge in [-0.3, -0.25) is 0 Å². The van der Waals surface area contributed by atoms with Crippen molar-refractivity contribution in [3.05, 3.63) is 24.3 Å². The quantitative estimate of drug-likeness (QED) is 0.717. The minimum Gasteiger partial charge on any atom is -0.308 e. The van der Waals surface area contributed by atoms with Crippen LogP contribution in [-0.4, -0.2) is 21.9 Å². The summed E-state index contributed by atoms with van der Waals surface area (Å²) in [5, 5.41) is 3.29. The van der Waals surface area contributed by atoms with Gasteiger partial charge in [0.05, 0.1) is 6.54 Å². The summed E-state index contributed by atoms with van der Waals surface area (Å²) in [5.74, 6) is 0.801. The molecule has 1 atom stereocenters. The van der Waals surface area contributed by atoms with Crippen molar-refractivity contribution >= 4 is 11.6 Å². The Labute approximate surface area is 77.2 Å². The highest BCUT2D eigenvalue weighted by atomic mass is 35.5. The summed E-state index contributed by atoms with van der Waals surface area (Å²) in [6, 6.07) is 1.80. The molecule has 0 aliphatic rings. The van der Waals surface area contributed by atoms with E-state index in [9.17, 15) is 0 Å². The summed E-state index contributed by atoms with van der Waals surface area (Å²) in [6.45, 7) is 3.40. The van der Waals surface area contributed by atoms with Gasteiger partial charge in [0.25, 0.3) is 0 Å². The number of rotatable bonds is 4. The third-order valence-corrected chi connectivity index (χ3v) is 1.48. The standard InChI is InChI=1S/C8H12ClN3/c1-7(9)5-10-6-8-11-3-2-4-12-8/h2-4,7,10H,5-6H2,1H3. The molecule has 0 aliphatic heterocycles. The molecule has 1 heterocycles. The first-order valence-corrected chi connectivity index (χ1v) is 4.33. The van der Waals surface area contributed by atoms with Crippen LogP contribution in [0, 0.1) is 0 Å². The first kappa shape index (κ1) is 9.42. The van der Waals surface area contributed by atoms with Gasteiger partial charge in [-0.15, -0.1) is 11.6 Å². The van der Waals surface area contributed by atoms with Crippen LogP contribution in [-0.2, 0) is 6.54 Å². The second kappa shape index (κ2) is 5.06. The maximum Gasteiger partial charge on any atom is 0.141 e. The molecule has 0 aliphatic carbocycles. The molecule has 0 amide bonds. The zero-order chi connectivity index (χ0) is 8.81. The van der Waals surface area contributed by atoms with E-state index in [-0.39, 0.29) is 5.38 Å². The van der Waals surface area contributed by atoms with Crippen molar-refractivity contribution in [2.24, 2.45) is 0 Å². The van der Waals surface area contributed by atoms with Gasteiger partial charge in [0.1, 0.15) is 5.82 Å². The highest BCUT2D eigenvalue weighted by Crippen LogP contribution is 1.91. The normalized spacial score (nSPS) is 12.8. The fraction of sp³-hybridized carbons (Fsp3) is 0.500. The summed E-state index contributed by atoms with van der Waals surface area (Å²) in [7, 11) is 0. The maximum absolute atomic E-state index is 5.74. The number of halogens is 1. The number of nitrogens with zero attached hydrogens (tertiary/aromatic N) is 2. The third-order valence-electron chi connectivity index (χ3n) is 1.33. The molecular weight excluding hydrogens is 174 g/mol. The topological polar surface area (TPSA) is 37.8 Å². The van der Waals surface area contributed by atoms with Gasteiger partial charge in [-0.2, -0.15) is 0 Å². The first-order valence-electron chi connectivity index (χ1n) is 3.89. The predicted octanol–water partition coefficient (Wildman–Crippen LogP) is 1.19. The Morgan fingerprint density at radius 2 is 2.17 bits per heavy atom. The van der Waals surface area contributed by atoms with Gasteiger partial charge < -0.3 is 5.32 Å². The second-order valence-corrected chi connectivity index (χ2v) is 3.32. The van der Waals surface area contributed by atoms with Crippen molar-refractivity contribution in [3.63, 3.8) is 0 Å². The van der Waals surface area contributed by atoms with E-state index >= 15 is 0 Å². The van der Waals surface area contributed by atoms with E-state index in [2.05, 4.69) is 15.3 Å². The largest absolute Gasteiger partial charge is 0.308 e. The van der Waals surface area contributed by atoms with Crippen LogP contribution in [0.4, 0.5) is 0 Å². The summed E-state index contributed by atoms with van der Waals surface area (Å²) in [5.41, 5.74) is 0. The van der Waals surface area contributed by atoms with E-state index in [4.69, 9.17) is 11.6 Å². The van der Waals surface area contributed by atoms with E-state index in [1.165, 1.54) is 0 Å². The van der Waals surface area contributed by atoms with Crippen molar-refractivity contribution in [1.29, 1.82) is 0 Å². The third kappa shape index (κ3) is 3.64. The number of hydrogen-bond acceptors (Lipinski definition) is 3. The van der Waals surface area contributed by atoms with Gasteiger partial charge in [-0.05, 0) is 13.0 Å². The molecule has 1 rings (SSSR count). The van der Waals surface area contributed by atoms with Gasteiger partial charge in [0.15, 0.2) is 0 Å². The van der Waals surface area contributed by atoms with Crippen LogP contribution in [0.2, 0.25) is 0 Å². The van der Waals surface area contributed by atoms with Crippen LogP contribution in [0.25, 0.3) is 0 Å². The van der Waals surface area contributed by atoms with Crippen LogP contribution in [0.1, 0.15) is 12.7 Å². The molecule has 0 aromatic carbocycles. The van der Waals surface area contributed by atoms with Crippen LogP contribution in [0.15, 0.2) is 18.5 Å². The van der Waals surface area contributed by atoms with E-state index in [0.29, 0.717) is 6.54 Å². The smallest absolute Gasteiger partial charge is 0.141 e. The number of nitrogens with one attached hydrogen (secondary N) is 1. The molecule has 0 radical (unpaired) electrons. The van der Waals surface area contributed by atoms with Crippen molar-refractivity contribution < 1.29 is 0 Å². The first-order chi connectivity index (χ1) is 5.79. The molecule has 3 nitrogen and oxygen atoms in total. The fourth-order valence-corrected chi connectivity index (χ4v) is 0.913. The van der Waals surface area contributed by atoms with Gasteiger partial charge in [0, 0.05) is 24.3 Å². The van der Waals surface area contributed by atoms with E-state index in [1.807, 2.05) is 6.92 Å². The summed E-state index contributed by atoms with van der Waals surface area (Å²) in [6.07, 6.45) is 3.46. The lowest BCUT2D eigenvalue weighted by molar-refractivity contribution is 0.653. The monoisotopic (exact) mass is 185 g/mol. The van der Waals surface area contributed by atoms with Crippen LogP contribution in [0.3, 0.4) is 0 Å². The lowest BCUT2D eigenvalue weighted by Crippen LogP contribution is -2.21. The number of hydrogen-bond donors (Lipinski definition) is 1. The number of aromatic nitrogens is 2. The van der Waals surface area contributed by atoms with Gasteiger partial charge >= 0.3 is 0 Å². The molecule has 0 saturated carbocycles. The highest BCUT2D eigenvalue weighted by molar-refractivity contribution is 6.20. The van der Waals surface area contributed by atoms with Crippen molar-refractivity contribution in [2.75, 3.05) is 6.54 Å². The molecule has 0 saturated heterocycles. The van der Waals surface area contributed by atoms with E-state index in [1.54, 1.807) is 18.5 Å². The molecule has 0 spiro atoms. The average molecular weight is 186 g/mol. The Hall–Kier alpha value is -0.670. The molecule has 1 N–H and O–H groups in total. The molecule has 12 heavy (non-hydrogen) atoms. The molecule has 66 valence electrons. The second-order valence-electron chi connectivity index (χ2n) is 2.58. The highest BCUT2D eigenvalue weighted by Gasteiger charge is 1.96. The fourth-order valence-electron chi connectivity index (χ4n) is 0.804. The maximum atomic E-state index is 5.74. The summed E-state index contributed by atoms with van der Waals surface area (Å²) >= 11 is 5.74. The van der Waals surface area contributed by atoms with E-state index in [0.717, 1.165) is 12.4 Å². The Bertz CT molecular complexity index is 213. The lowest BCUT2D eigenvalue weighted by atomic mass is 10.4. The minimum absolute atomic E-state index is 0.147. The van der Waals surface area contributed by atoms with Crippen LogP contribution in [0.5, 0.6) is 0 Å². The zero-order valence-electron chi connectivity index (χ0n) is 7.00. The predicted molar refractivity (Wildman–Crippen MR) is 49.1 cm³/mol. The van der Waals surface area contributed by atoms with Gasteiger partial charge in [-0.25, -0.2) is 9.97 Å². The van der Waals surface area contributed by atoms with Gasteiger partial charge in [0.2, 0.25) is 0 Å². The summed E-state index contributed by atoms with van der Waals surface area (Å²) < 4.78 is 0. The minimum atomic E-state index is 0.147. The Balaban J connectivity index is 2.25. The molecule has 0 bridgehead atoms. The molecule has 1 unspecified atom stereocenters. The Morgan fingerprint density at radius 1 is 1.50 bits per heavy atom. The Morgan fingerprint density at radius 3 is 2.75 bits per heavy atom. The zero-order valence-corrected chi connectivity index (χ0v) is 7.75. The molecule has 4 heteroatoms. The lowest BCUT2D eigenvalue weighted by Gasteiger charge is -2.03. The average Bonchev–Trinajstić information content (AvgIpc) is 2.05. The van der Waals surface area contributed by atoms with Crippen molar-refractivity contribution in [1.82, 2.24) is 15.3 Å². The van der Waals surface area contributed by atoms with Crippen molar-refractivity contribution in [2.45, 2.75) is 18.8 Å². The summed E-state index contributed by atoms with van der Waals surface area (Å²) in [4.78, 5) is 8.12. The van der Waals surface area contributed by atoms with Crippen molar-refractivity contribution in [3.8, 4) is 0 Å². The molecule has 1 aromatic heterocycles. The molecule has 0 fully saturated rings. The SMILES string of the molecule is CC(Cl)CNCc1ncccn1. The van der Waals surface area contributed by atoms with Crippen LogP contribution >= 0.6 is 11.6 Å². The Kier molecular flexibility index (Phi) is 3.97.